The summed E-state index contributed by atoms with van der Waals surface area (Å²) < 4.78 is 5.41. The largest absolute Gasteiger partial charge is 0.392 e. The van der Waals surface area contributed by atoms with Crippen molar-refractivity contribution >= 4 is 17.2 Å². The van der Waals surface area contributed by atoms with Crippen LogP contribution in [0.2, 0.25) is 0 Å². The Morgan fingerprint density at radius 1 is 1.69 bits per heavy atom. The molecule has 0 radical (unpaired) electrons. The average Bonchev–Trinajstić information content (AvgIpc) is 2.17. The van der Waals surface area contributed by atoms with Gasteiger partial charge in [0.15, 0.2) is 0 Å². The minimum absolute atomic E-state index is 0.168. The first kappa shape index (κ1) is 10.9. The van der Waals surface area contributed by atoms with E-state index >= 15 is 0 Å². The van der Waals surface area contributed by atoms with E-state index in [2.05, 4.69) is 11.9 Å². The van der Waals surface area contributed by atoms with Crippen molar-refractivity contribution in [1.29, 1.82) is 0 Å². The van der Waals surface area contributed by atoms with Gasteiger partial charge >= 0.3 is 0 Å². The highest BCUT2D eigenvalue weighted by Crippen LogP contribution is 2.14. The SMILES string of the molecule is CC(C(N)=S)N(C)C1CCCOC1. The Bertz CT molecular complexity index is 180. The standard InChI is InChI=1S/C9H18N2OS/c1-7(9(10)13)11(2)8-4-3-5-12-6-8/h7-8H,3-6H2,1-2H3,(H2,10,13). The van der Waals surface area contributed by atoms with Gasteiger partial charge in [0.25, 0.3) is 0 Å². The Kier molecular flexibility index (Phi) is 4.09. The van der Waals surface area contributed by atoms with Crippen LogP contribution in [0.25, 0.3) is 0 Å². The summed E-state index contributed by atoms with van der Waals surface area (Å²) >= 11 is 4.96. The molecule has 2 N–H and O–H groups in total. The van der Waals surface area contributed by atoms with Crippen LogP contribution in [0.4, 0.5) is 0 Å². The van der Waals surface area contributed by atoms with Gasteiger partial charge < -0.3 is 10.5 Å². The van der Waals surface area contributed by atoms with E-state index in [1.165, 1.54) is 6.42 Å². The Balaban J connectivity index is 2.44. The van der Waals surface area contributed by atoms with Crippen LogP contribution < -0.4 is 5.73 Å². The van der Waals surface area contributed by atoms with E-state index < -0.39 is 0 Å². The predicted molar refractivity (Wildman–Crippen MR) is 57.9 cm³/mol. The summed E-state index contributed by atoms with van der Waals surface area (Å²) in [6.45, 7) is 3.74. The maximum atomic E-state index is 5.59. The minimum Gasteiger partial charge on any atom is -0.392 e. The molecule has 3 nitrogen and oxygen atoms in total. The molecule has 0 aromatic rings. The van der Waals surface area contributed by atoms with Crippen molar-refractivity contribution in [3.8, 4) is 0 Å². The molecule has 0 amide bonds. The van der Waals surface area contributed by atoms with Gasteiger partial charge in [0.1, 0.15) is 0 Å². The van der Waals surface area contributed by atoms with Crippen LogP contribution in [0.1, 0.15) is 19.8 Å². The van der Waals surface area contributed by atoms with E-state index in [0.717, 1.165) is 19.6 Å². The topological polar surface area (TPSA) is 38.5 Å². The zero-order valence-corrected chi connectivity index (χ0v) is 9.14. The first-order chi connectivity index (χ1) is 6.13. The predicted octanol–water partition coefficient (Wildman–Crippen LogP) is 0.772. The highest BCUT2D eigenvalue weighted by atomic mass is 32.1. The lowest BCUT2D eigenvalue weighted by Crippen LogP contribution is -2.48. The van der Waals surface area contributed by atoms with E-state index in [1.54, 1.807) is 0 Å². The molecule has 0 aliphatic carbocycles. The van der Waals surface area contributed by atoms with Gasteiger partial charge in [0.2, 0.25) is 0 Å². The molecule has 76 valence electrons. The fourth-order valence-electron chi connectivity index (χ4n) is 1.56. The van der Waals surface area contributed by atoms with E-state index in [4.69, 9.17) is 22.7 Å². The molecule has 1 aliphatic heterocycles. The second kappa shape index (κ2) is 4.88. The Morgan fingerprint density at radius 3 is 2.85 bits per heavy atom. The van der Waals surface area contributed by atoms with Crippen molar-refractivity contribution in [2.24, 2.45) is 5.73 Å². The Morgan fingerprint density at radius 2 is 2.38 bits per heavy atom. The minimum atomic E-state index is 0.168. The van der Waals surface area contributed by atoms with Gasteiger partial charge in [-0.25, -0.2) is 0 Å². The van der Waals surface area contributed by atoms with Crippen molar-refractivity contribution in [1.82, 2.24) is 4.90 Å². The Hall–Kier alpha value is -0.190. The second-order valence-corrected chi connectivity index (χ2v) is 4.09. The molecule has 1 fully saturated rings. The maximum absolute atomic E-state index is 5.59. The summed E-state index contributed by atoms with van der Waals surface area (Å²) in [7, 11) is 2.06. The van der Waals surface area contributed by atoms with Gasteiger partial charge in [-0.05, 0) is 26.8 Å². The molecule has 1 aliphatic rings. The van der Waals surface area contributed by atoms with Crippen LogP contribution in [-0.4, -0.2) is 42.2 Å². The van der Waals surface area contributed by atoms with Crippen LogP contribution in [0.5, 0.6) is 0 Å². The molecule has 4 heteroatoms. The second-order valence-electron chi connectivity index (χ2n) is 3.61. The van der Waals surface area contributed by atoms with E-state index in [9.17, 15) is 0 Å². The fraction of sp³-hybridized carbons (Fsp3) is 0.889. The van der Waals surface area contributed by atoms with Crippen molar-refractivity contribution in [2.45, 2.75) is 31.8 Å². The summed E-state index contributed by atoms with van der Waals surface area (Å²) in [5.74, 6) is 0. The monoisotopic (exact) mass is 202 g/mol. The van der Waals surface area contributed by atoms with Gasteiger partial charge in [-0.3, -0.25) is 4.90 Å². The molecule has 2 unspecified atom stereocenters. The van der Waals surface area contributed by atoms with E-state index in [-0.39, 0.29) is 6.04 Å². The van der Waals surface area contributed by atoms with Crippen LogP contribution in [-0.2, 0) is 4.74 Å². The van der Waals surface area contributed by atoms with Crippen molar-refractivity contribution in [3.63, 3.8) is 0 Å². The van der Waals surface area contributed by atoms with Crippen molar-refractivity contribution in [3.05, 3.63) is 0 Å². The number of nitrogens with zero attached hydrogens (tertiary/aromatic N) is 1. The van der Waals surface area contributed by atoms with Gasteiger partial charge in [-0.15, -0.1) is 0 Å². The van der Waals surface area contributed by atoms with Crippen LogP contribution in [0.3, 0.4) is 0 Å². The summed E-state index contributed by atoms with van der Waals surface area (Å²) in [6.07, 6.45) is 2.32. The summed E-state index contributed by atoms with van der Waals surface area (Å²) in [5.41, 5.74) is 5.59. The fourth-order valence-corrected chi connectivity index (χ4v) is 1.73. The summed E-state index contributed by atoms with van der Waals surface area (Å²) in [5, 5.41) is 0. The number of hydrogen-bond acceptors (Lipinski definition) is 3. The third-order valence-electron chi connectivity index (χ3n) is 2.73. The van der Waals surface area contributed by atoms with Crippen molar-refractivity contribution < 1.29 is 4.74 Å². The molecule has 1 saturated heterocycles. The highest BCUT2D eigenvalue weighted by molar-refractivity contribution is 7.80. The van der Waals surface area contributed by atoms with Gasteiger partial charge in [0, 0.05) is 12.6 Å². The average molecular weight is 202 g/mol. The third-order valence-corrected chi connectivity index (χ3v) is 3.08. The number of hydrogen-bond donors (Lipinski definition) is 1. The molecule has 0 bridgehead atoms. The van der Waals surface area contributed by atoms with E-state index in [1.807, 2.05) is 6.92 Å². The van der Waals surface area contributed by atoms with Gasteiger partial charge in [-0.2, -0.15) is 0 Å². The summed E-state index contributed by atoms with van der Waals surface area (Å²) in [6, 6.07) is 0.645. The molecular formula is C9H18N2OS. The molecule has 0 spiro atoms. The smallest absolute Gasteiger partial charge is 0.0899 e. The molecular weight excluding hydrogens is 184 g/mol. The lowest BCUT2D eigenvalue weighted by Gasteiger charge is -2.34. The van der Waals surface area contributed by atoms with E-state index in [0.29, 0.717) is 11.0 Å². The summed E-state index contributed by atoms with van der Waals surface area (Å²) in [4.78, 5) is 2.77. The molecule has 0 aromatic carbocycles. The molecule has 1 rings (SSSR count). The van der Waals surface area contributed by atoms with Gasteiger partial charge in [0.05, 0.1) is 17.6 Å². The van der Waals surface area contributed by atoms with Crippen molar-refractivity contribution in [2.75, 3.05) is 20.3 Å². The lowest BCUT2D eigenvalue weighted by atomic mass is 10.1. The third kappa shape index (κ3) is 2.90. The molecule has 0 saturated carbocycles. The number of rotatable bonds is 3. The molecule has 0 aromatic heterocycles. The number of ether oxygens (including phenoxy) is 1. The normalized spacial score (nSPS) is 25.9. The molecule has 2 atom stereocenters. The van der Waals surface area contributed by atoms with Gasteiger partial charge in [-0.1, -0.05) is 12.2 Å². The Labute approximate surface area is 85.2 Å². The molecule has 1 heterocycles. The van der Waals surface area contributed by atoms with Crippen LogP contribution in [0.15, 0.2) is 0 Å². The number of thiocarbonyl (C=S) groups is 1. The zero-order valence-electron chi connectivity index (χ0n) is 8.32. The number of nitrogens with two attached hydrogens (primary N) is 1. The molecule has 13 heavy (non-hydrogen) atoms. The first-order valence-electron chi connectivity index (χ1n) is 4.72. The number of likely N-dealkylation sites (N-methyl/N-ethyl adjacent to an activating group) is 1. The highest BCUT2D eigenvalue weighted by Gasteiger charge is 2.23. The zero-order chi connectivity index (χ0) is 9.84. The maximum Gasteiger partial charge on any atom is 0.0899 e. The lowest BCUT2D eigenvalue weighted by molar-refractivity contribution is 0.0234. The van der Waals surface area contributed by atoms with Crippen LogP contribution >= 0.6 is 12.2 Å². The first-order valence-corrected chi connectivity index (χ1v) is 5.12. The quantitative estimate of drug-likeness (QED) is 0.686. The van der Waals surface area contributed by atoms with Crippen LogP contribution in [0, 0.1) is 0 Å².